The van der Waals surface area contributed by atoms with Crippen molar-refractivity contribution < 1.29 is 4.39 Å². The Morgan fingerprint density at radius 1 is 0.880 bits per heavy atom. The molecule has 4 rings (SSSR count). The van der Waals surface area contributed by atoms with Gasteiger partial charge in [0, 0.05) is 10.9 Å². The van der Waals surface area contributed by atoms with Gasteiger partial charge in [-0.1, -0.05) is 58.4 Å². The van der Waals surface area contributed by atoms with Crippen LogP contribution in [0.15, 0.2) is 88.4 Å². The molecule has 124 valence electrons. The second kappa shape index (κ2) is 6.81. The zero-order chi connectivity index (χ0) is 17.2. The van der Waals surface area contributed by atoms with Gasteiger partial charge in [-0.2, -0.15) is 5.10 Å². The first-order chi connectivity index (χ1) is 12.2. The Kier molecular flexibility index (Phi) is 4.36. The summed E-state index contributed by atoms with van der Waals surface area (Å²) < 4.78 is 14.3. The minimum atomic E-state index is -0.230. The summed E-state index contributed by atoms with van der Waals surface area (Å²) in [5, 5.41) is 6.91. The molecular weight excluding hydrogens is 379 g/mol. The van der Waals surface area contributed by atoms with Gasteiger partial charge in [0.1, 0.15) is 5.82 Å². The Bertz CT molecular complexity index is 889. The monoisotopic (exact) mass is 394 g/mol. The molecule has 0 fully saturated rings. The Morgan fingerprint density at radius 3 is 2.24 bits per heavy atom. The van der Waals surface area contributed by atoms with E-state index >= 15 is 0 Å². The highest BCUT2D eigenvalue weighted by atomic mass is 79.9. The first kappa shape index (κ1) is 16.0. The van der Waals surface area contributed by atoms with Crippen LogP contribution in [0.1, 0.15) is 23.6 Å². The van der Waals surface area contributed by atoms with Gasteiger partial charge >= 0.3 is 0 Å². The summed E-state index contributed by atoms with van der Waals surface area (Å²) in [7, 11) is 0. The lowest BCUT2D eigenvalue weighted by Crippen LogP contribution is -2.18. The summed E-state index contributed by atoms with van der Waals surface area (Å²) in [6, 6.07) is 25.2. The van der Waals surface area contributed by atoms with Crippen molar-refractivity contribution in [1.82, 2.24) is 0 Å². The molecule has 1 unspecified atom stereocenters. The van der Waals surface area contributed by atoms with Crippen LogP contribution < -0.4 is 5.01 Å². The van der Waals surface area contributed by atoms with Crippen molar-refractivity contribution in [2.45, 2.75) is 12.5 Å². The minimum Gasteiger partial charge on any atom is -0.257 e. The van der Waals surface area contributed by atoms with Gasteiger partial charge in [-0.3, -0.25) is 5.01 Å². The maximum atomic E-state index is 13.2. The number of para-hydroxylation sites is 1. The zero-order valence-electron chi connectivity index (χ0n) is 13.4. The average molecular weight is 395 g/mol. The van der Waals surface area contributed by atoms with Gasteiger partial charge < -0.3 is 0 Å². The second-order valence-electron chi connectivity index (χ2n) is 6.01. The van der Waals surface area contributed by atoms with Crippen molar-refractivity contribution >= 4 is 27.3 Å². The first-order valence-corrected chi connectivity index (χ1v) is 8.93. The molecule has 0 aromatic heterocycles. The summed E-state index contributed by atoms with van der Waals surface area (Å²) >= 11 is 3.49. The molecule has 25 heavy (non-hydrogen) atoms. The van der Waals surface area contributed by atoms with E-state index in [9.17, 15) is 4.39 Å². The van der Waals surface area contributed by atoms with E-state index in [2.05, 4.69) is 45.2 Å². The third-order valence-corrected chi connectivity index (χ3v) is 4.89. The van der Waals surface area contributed by atoms with E-state index in [0.29, 0.717) is 0 Å². The molecule has 0 saturated heterocycles. The largest absolute Gasteiger partial charge is 0.257 e. The number of hydrogen-bond acceptors (Lipinski definition) is 2. The van der Waals surface area contributed by atoms with E-state index in [1.165, 1.54) is 17.7 Å². The fourth-order valence-corrected chi connectivity index (χ4v) is 3.35. The number of halogens is 2. The Balaban J connectivity index is 1.73. The maximum Gasteiger partial charge on any atom is 0.123 e. The SMILES string of the molecule is Fc1ccc(C2=NN(c3ccccc3)C(c3ccc(Br)cc3)C2)cc1. The predicted molar refractivity (Wildman–Crippen MR) is 103 cm³/mol. The molecule has 0 spiro atoms. The van der Waals surface area contributed by atoms with Crippen LogP contribution in [0.3, 0.4) is 0 Å². The van der Waals surface area contributed by atoms with Gasteiger partial charge in [0.15, 0.2) is 0 Å². The van der Waals surface area contributed by atoms with Crippen LogP contribution in [0.4, 0.5) is 10.1 Å². The molecule has 3 aromatic rings. The normalized spacial score (nSPS) is 16.8. The molecule has 3 aromatic carbocycles. The Labute approximate surface area is 154 Å². The Hall–Kier alpha value is -2.46. The van der Waals surface area contributed by atoms with Gasteiger partial charge in [0.05, 0.1) is 17.4 Å². The van der Waals surface area contributed by atoms with Crippen molar-refractivity contribution in [2.75, 3.05) is 5.01 Å². The number of nitrogens with zero attached hydrogens (tertiary/aromatic N) is 2. The second-order valence-corrected chi connectivity index (χ2v) is 6.92. The number of rotatable bonds is 3. The van der Waals surface area contributed by atoms with Crippen LogP contribution in [0.25, 0.3) is 0 Å². The zero-order valence-corrected chi connectivity index (χ0v) is 15.0. The quantitative estimate of drug-likeness (QED) is 0.536. The van der Waals surface area contributed by atoms with Gasteiger partial charge in [-0.25, -0.2) is 4.39 Å². The van der Waals surface area contributed by atoms with Gasteiger partial charge in [0.25, 0.3) is 0 Å². The molecular formula is C21H16BrFN2. The summed E-state index contributed by atoms with van der Waals surface area (Å²) in [6.45, 7) is 0. The molecule has 0 amide bonds. The number of anilines is 1. The molecule has 0 aliphatic carbocycles. The number of hydrogen-bond donors (Lipinski definition) is 0. The molecule has 1 aliphatic rings. The summed E-state index contributed by atoms with van der Waals surface area (Å²) in [5.74, 6) is -0.230. The van der Waals surface area contributed by atoms with Crippen molar-refractivity contribution in [1.29, 1.82) is 0 Å². The molecule has 1 atom stereocenters. The summed E-state index contributed by atoms with van der Waals surface area (Å²) in [5.41, 5.74) is 4.18. The molecule has 2 nitrogen and oxygen atoms in total. The standard InChI is InChI=1S/C21H16BrFN2/c22-17-10-6-16(7-11-17)21-14-20(15-8-12-18(23)13-9-15)24-25(21)19-4-2-1-3-5-19/h1-13,21H,14H2. The van der Waals surface area contributed by atoms with E-state index in [0.717, 1.165) is 27.9 Å². The lowest BCUT2D eigenvalue weighted by molar-refractivity contribution is 0.627. The molecule has 1 heterocycles. The van der Waals surface area contributed by atoms with Crippen LogP contribution in [0, 0.1) is 5.82 Å². The molecule has 0 bridgehead atoms. The van der Waals surface area contributed by atoms with E-state index in [1.54, 1.807) is 12.1 Å². The highest BCUT2D eigenvalue weighted by molar-refractivity contribution is 9.10. The first-order valence-electron chi connectivity index (χ1n) is 8.14. The maximum absolute atomic E-state index is 13.2. The summed E-state index contributed by atoms with van der Waals surface area (Å²) in [6.07, 6.45) is 0.780. The highest BCUT2D eigenvalue weighted by Gasteiger charge is 2.29. The van der Waals surface area contributed by atoms with Gasteiger partial charge in [-0.05, 0) is 47.5 Å². The summed E-state index contributed by atoms with van der Waals surface area (Å²) in [4.78, 5) is 0. The van der Waals surface area contributed by atoms with Crippen LogP contribution in [0.5, 0.6) is 0 Å². The van der Waals surface area contributed by atoms with Gasteiger partial charge in [-0.15, -0.1) is 0 Å². The topological polar surface area (TPSA) is 15.6 Å². The van der Waals surface area contributed by atoms with Crippen molar-refractivity contribution in [2.24, 2.45) is 5.10 Å². The molecule has 0 saturated carbocycles. The lowest BCUT2D eigenvalue weighted by atomic mass is 9.98. The predicted octanol–water partition coefficient (Wildman–Crippen LogP) is 5.94. The van der Waals surface area contributed by atoms with Crippen molar-refractivity contribution in [3.63, 3.8) is 0 Å². The van der Waals surface area contributed by atoms with Crippen molar-refractivity contribution in [3.05, 3.63) is 100 Å². The molecule has 4 heteroatoms. The van der Waals surface area contributed by atoms with E-state index in [-0.39, 0.29) is 11.9 Å². The van der Waals surface area contributed by atoms with Crippen LogP contribution in [-0.4, -0.2) is 5.71 Å². The fourth-order valence-electron chi connectivity index (χ4n) is 3.09. The lowest BCUT2D eigenvalue weighted by Gasteiger charge is -2.24. The van der Waals surface area contributed by atoms with Crippen LogP contribution >= 0.6 is 15.9 Å². The number of hydrazone groups is 1. The van der Waals surface area contributed by atoms with Crippen LogP contribution in [0.2, 0.25) is 0 Å². The third kappa shape index (κ3) is 3.35. The van der Waals surface area contributed by atoms with Crippen molar-refractivity contribution in [3.8, 4) is 0 Å². The molecule has 1 aliphatic heterocycles. The van der Waals surface area contributed by atoms with Gasteiger partial charge in [0.2, 0.25) is 0 Å². The van der Waals surface area contributed by atoms with Crippen LogP contribution in [-0.2, 0) is 0 Å². The molecule has 0 N–H and O–H groups in total. The Morgan fingerprint density at radius 2 is 1.56 bits per heavy atom. The smallest absolute Gasteiger partial charge is 0.123 e. The van der Waals surface area contributed by atoms with E-state index in [4.69, 9.17) is 5.10 Å². The minimum absolute atomic E-state index is 0.121. The third-order valence-electron chi connectivity index (χ3n) is 4.36. The highest BCUT2D eigenvalue weighted by Crippen LogP contribution is 2.36. The number of benzene rings is 3. The van der Waals surface area contributed by atoms with E-state index < -0.39 is 0 Å². The van der Waals surface area contributed by atoms with E-state index in [1.807, 2.05) is 30.3 Å². The fraction of sp³-hybridized carbons (Fsp3) is 0.0952. The average Bonchev–Trinajstić information content (AvgIpc) is 3.09. The molecule has 0 radical (unpaired) electrons.